The summed E-state index contributed by atoms with van der Waals surface area (Å²) in [5.41, 5.74) is 1.95. The van der Waals surface area contributed by atoms with Crippen LogP contribution < -0.4 is 5.32 Å². The summed E-state index contributed by atoms with van der Waals surface area (Å²) in [6.45, 7) is -0.272. The van der Waals surface area contributed by atoms with Crippen LogP contribution in [-0.4, -0.2) is 23.3 Å². The highest BCUT2D eigenvalue weighted by molar-refractivity contribution is 6.22. The Morgan fingerprint density at radius 3 is 2.33 bits per heavy atom. The Hall–Kier alpha value is -3.45. The molecule has 1 amide bonds. The number of carbonyl (C=O) groups excluding carboxylic acids is 2. The summed E-state index contributed by atoms with van der Waals surface area (Å²) in [6.07, 6.45) is -5.83. The predicted molar refractivity (Wildman–Crippen MR) is 104 cm³/mol. The van der Waals surface area contributed by atoms with E-state index in [-0.39, 0.29) is 23.5 Å². The van der Waals surface area contributed by atoms with Crippen LogP contribution in [0.1, 0.15) is 43.5 Å². The van der Waals surface area contributed by atoms with E-state index >= 15 is 0 Å². The van der Waals surface area contributed by atoms with Crippen molar-refractivity contribution in [2.45, 2.75) is 12.3 Å². The summed E-state index contributed by atoms with van der Waals surface area (Å²) >= 11 is 0. The lowest BCUT2D eigenvalue weighted by Crippen LogP contribution is -2.28. The van der Waals surface area contributed by atoms with Crippen LogP contribution >= 0.6 is 0 Å². The first-order valence-corrected chi connectivity index (χ1v) is 9.17. The van der Waals surface area contributed by atoms with Crippen molar-refractivity contribution in [2.75, 3.05) is 6.54 Å². The fourth-order valence-electron chi connectivity index (χ4n) is 3.50. The van der Waals surface area contributed by atoms with Gasteiger partial charge in [-0.15, -0.1) is 0 Å². The third kappa shape index (κ3) is 3.59. The highest BCUT2D eigenvalue weighted by Crippen LogP contribution is 2.36. The van der Waals surface area contributed by atoms with E-state index in [4.69, 9.17) is 0 Å². The number of fused-ring (bicyclic) bond motifs is 3. The summed E-state index contributed by atoms with van der Waals surface area (Å²) in [4.78, 5) is 25.0. The van der Waals surface area contributed by atoms with Crippen LogP contribution in [0.2, 0.25) is 0 Å². The van der Waals surface area contributed by atoms with Gasteiger partial charge in [0.15, 0.2) is 5.78 Å². The molecule has 0 saturated heterocycles. The normalized spacial score (nSPS) is 13.5. The number of aliphatic hydroxyl groups is 1. The Bertz CT molecular complexity index is 1150. The molecule has 0 fully saturated rings. The zero-order chi connectivity index (χ0) is 21.5. The van der Waals surface area contributed by atoms with Gasteiger partial charge in [-0.3, -0.25) is 9.59 Å². The number of halogens is 3. The number of hydrogen-bond acceptors (Lipinski definition) is 3. The van der Waals surface area contributed by atoms with Gasteiger partial charge in [-0.2, -0.15) is 13.2 Å². The molecule has 0 aromatic heterocycles. The van der Waals surface area contributed by atoms with Crippen LogP contribution in [0.4, 0.5) is 13.2 Å². The van der Waals surface area contributed by atoms with Crippen LogP contribution in [0.15, 0.2) is 66.7 Å². The molecular formula is C23H16F3NO3. The van der Waals surface area contributed by atoms with Gasteiger partial charge in [-0.05, 0) is 41.0 Å². The maximum Gasteiger partial charge on any atom is 0.416 e. The first-order valence-electron chi connectivity index (χ1n) is 9.17. The maximum absolute atomic E-state index is 12.8. The van der Waals surface area contributed by atoms with Crippen LogP contribution in [0.25, 0.3) is 11.1 Å². The van der Waals surface area contributed by atoms with E-state index in [1.165, 1.54) is 18.2 Å². The van der Waals surface area contributed by atoms with Gasteiger partial charge in [0, 0.05) is 23.2 Å². The van der Waals surface area contributed by atoms with Gasteiger partial charge in [-0.1, -0.05) is 42.5 Å². The van der Waals surface area contributed by atoms with Crippen molar-refractivity contribution in [3.05, 3.63) is 94.5 Å². The lowest BCUT2D eigenvalue weighted by atomic mass is 10.0. The molecule has 0 radical (unpaired) electrons. The second-order valence-corrected chi connectivity index (χ2v) is 6.98. The van der Waals surface area contributed by atoms with Crippen molar-refractivity contribution >= 4 is 11.7 Å². The molecule has 0 heterocycles. The van der Waals surface area contributed by atoms with Crippen molar-refractivity contribution in [1.82, 2.24) is 5.32 Å². The van der Waals surface area contributed by atoms with E-state index in [1.807, 2.05) is 12.1 Å². The molecule has 4 nitrogen and oxygen atoms in total. The van der Waals surface area contributed by atoms with Crippen LogP contribution in [0, 0.1) is 0 Å². The lowest BCUT2D eigenvalue weighted by molar-refractivity contribution is -0.137. The number of rotatable bonds is 4. The van der Waals surface area contributed by atoms with E-state index in [0.29, 0.717) is 11.1 Å². The highest BCUT2D eigenvalue weighted by atomic mass is 19.4. The van der Waals surface area contributed by atoms with E-state index in [1.54, 1.807) is 24.3 Å². The Kier molecular flexibility index (Phi) is 4.91. The van der Waals surface area contributed by atoms with E-state index in [0.717, 1.165) is 23.3 Å². The molecule has 1 unspecified atom stereocenters. The number of benzene rings is 3. The summed E-state index contributed by atoms with van der Waals surface area (Å²) in [6, 6.07) is 16.2. The van der Waals surface area contributed by atoms with Gasteiger partial charge in [0.1, 0.15) is 0 Å². The summed E-state index contributed by atoms with van der Waals surface area (Å²) < 4.78 is 38.5. The van der Waals surface area contributed by atoms with E-state index < -0.39 is 23.8 Å². The molecule has 1 aliphatic rings. The van der Waals surface area contributed by atoms with Crippen molar-refractivity contribution in [2.24, 2.45) is 0 Å². The second-order valence-electron chi connectivity index (χ2n) is 6.98. The fraction of sp³-hybridized carbons (Fsp3) is 0.130. The van der Waals surface area contributed by atoms with E-state index in [9.17, 15) is 27.9 Å². The SMILES string of the molecule is O=C(NCC(O)c1cccc(C(F)(F)F)c1)c1ccc2c(c1)C(=O)c1ccccc1-2. The monoisotopic (exact) mass is 411 g/mol. The number of carbonyl (C=O) groups is 2. The minimum absolute atomic E-state index is 0.0460. The largest absolute Gasteiger partial charge is 0.416 e. The molecule has 2 N–H and O–H groups in total. The second kappa shape index (κ2) is 7.42. The predicted octanol–water partition coefficient (Wildman–Crippen LogP) is 4.38. The molecule has 3 aromatic rings. The Balaban J connectivity index is 1.48. The smallest absolute Gasteiger partial charge is 0.387 e. The van der Waals surface area contributed by atoms with Crippen molar-refractivity contribution in [1.29, 1.82) is 0 Å². The highest BCUT2D eigenvalue weighted by Gasteiger charge is 2.31. The minimum Gasteiger partial charge on any atom is -0.387 e. The molecule has 152 valence electrons. The average Bonchev–Trinajstić information content (AvgIpc) is 3.03. The third-order valence-corrected chi connectivity index (χ3v) is 5.04. The fourth-order valence-corrected chi connectivity index (χ4v) is 3.50. The van der Waals surface area contributed by atoms with Gasteiger partial charge < -0.3 is 10.4 Å². The number of ketones is 1. The van der Waals surface area contributed by atoms with Crippen molar-refractivity contribution in [3.8, 4) is 11.1 Å². The zero-order valence-corrected chi connectivity index (χ0v) is 15.5. The molecule has 1 atom stereocenters. The first-order chi connectivity index (χ1) is 14.3. The molecular weight excluding hydrogens is 395 g/mol. The molecule has 4 rings (SSSR count). The van der Waals surface area contributed by atoms with E-state index in [2.05, 4.69) is 5.32 Å². The molecule has 1 aliphatic carbocycles. The Morgan fingerprint density at radius 2 is 1.60 bits per heavy atom. The topological polar surface area (TPSA) is 66.4 Å². The van der Waals surface area contributed by atoms with Crippen molar-refractivity contribution < 1.29 is 27.9 Å². The molecule has 7 heteroatoms. The number of amides is 1. The summed E-state index contributed by atoms with van der Waals surface area (Å²) in [7, 11) is 0. The average molecular weight is 411 g/mol. The van der Waals surface area contributed by atoms with Gasteiger partial charge in [-0.25, -0.2) is 0 Å². The summed E-state index contributed by atoms with van der Waals surface area (Å²) in [5.74, 6) is -0.702. The molecule has 0 saturated carbocycles. The standard InChI is InChI=1S/C23H16F3NO3/c24-23(25,26)15-5-3-4-13(10-15)20(28)12-27-22(30)14-8-9-17-16-6-1-2-7-18(16)21(29)19(17)11-14/h1-11,20,28H,12H2,(H,27,30). The van der Waals surface area contributed by atoms with Crippen molar-refractivity contribution in [3.63, 3.8) is 0 Å². The van der Waals surface area contributed by atoms with Crippen LogP contribution in [-0.2, 0) is 6.18 Å². The number of alkyl halides is 3. The summed E-state index contributed by atoms with van der Waals surface area (Å²) in [5, 5.41) is 12.7. The minimum atomic E-state index is -4.52. The van der Waals surface area contributed by atoms with Gasteiger partial charge in [0.05, 0.1) is 11.7 Å². The first kappa shape index (κ1) is 19.8. The number of hydrogen-bond donors (Lipinski definition) is 2. The van der Waals surface area contributed by atoms with Crippen LogP contribution in [0.3, 0.4) is 0 Å². The third-order valence-electron chi connectivity index (χ3n) is 5.04. The van der Waals surface area contributed by atoms with Gasteiger partial charge >= 0.3 is 6.18 Å². The molecule has 0 spiro atoms. The van der Waals surface area contributed by atoms with Gasteiger partial charge in [0.2, 0.25) is 0 Å². The molecule has 0 aliphatic heterocycles. The number of aliphatic hydroxyl groups excluding tert-OH is 1. The molecule has 3 aromatic carbocycles. The lowest BCUT2D eigenvalue weighted by Gasteiger charge is -2.15. The van der Waals surface area contributed by atoms with Gasteiger partial charge in [0.25, 0.3) is 5.91 Å². The quantitative estimate of drug-likeness (QED) is 0.524. The number of nitrogens with one attached hydrogen (secondary N) is 1. The zero-order valence-electron chi connectivity index (χ0n) is 15.5. The van der Waals surface area contributed by atoms with Crippen LogP contribution in [0.5, 0.6) is 0 Å². The molecule has 30 heavy (non-hydrogen) atoms. The Morgan fingerprint density at radius 1 is 0.900 bits per heavy atom. The maximum atomic E-state index is 12.8. The molecule has 0 bridgehead atoms. The Labute approximate surface area is 170 Å².